The fourth-order valence-corrected chi connectivity index (χ4v) is 3.25. The highest BCUT2D eigenvalue weighted by Crippen LogP contribution is 2.31. The zero-order chi connectivity index (χ0) is 17.8. The molecule has 0 aromatic heterocycles. The molecular weight excluding hydrogens is 318 g/mol. The van der Waals surface area contributed by atoms with Crippen molar-refractivity contribution in [3.05, 3.63) is 30.3 Å². The molecule has 0 radical (unpaired) electrons. The summed E-state index contributed by atoms with van der Waals surface area (Å²) in [6.45, 7) is 4.82. The Labute approximate surface area is 149 Å². The summed E-state index contributed by atoms with van der Waals surface area (Å²) >= 11 is 0. The Morgan fingerprint density at radius 1 is 1.12 bits per heavy atom. The van der Waals surface area contributed by atoms with E-state index in [4.69, 9.17) is 0 Å². The number of piperazine rings is 1. The van der Waals surface area contributed by atoms with Gasteiger partial charge >= 0.3 is 0 Å². The molecule has 1 heterocycles. The van der Waals surface area contributed by atoms with Crippen molar-refractivity contribution >= 4 is 17.5 Å². The molecule has 6 nitrogen and oxygen atoms in total. The zero-order valence-corrected chi connectivity index (χ0v) is 14.8. The molecule has 0 spiro atoms. The first-order chi connectivity index (χ1) is 12.0. The van der Waals surface area contributed by atoms with Gasteiger partial charge in [-0.25, -0.2) is 0 Å². The van der Waals surface area contributed by atoms with Crippen LogP contribution in [0.15, 0.2) is 30.3 Å². The van der Waals surface area contributed by atoms with Crippen molar-refractivity contribution in [3.63, 3.8) is 0 Å². The average molecular weight is 345 g/mol. The van der Waals surface area contributed by atoms with Crippen LogP contribution < -0.4 is 4.90 Å². The minimum absolute atomic E-state index is 0.0445. The standard InChI is InChI=1S/C19H27N3O3/c1-15(23)13-22(17-5-3-2-4-6-17)14-18(24)20-9-11-21(12-10-20)19(25)16-7-8-16/h2-6,15-16,23H,7-14H2,1H3. The number of amides is 2. The van der Waals surface area contributed by atoms with Crippen molar-refractivity contribution in [1.29, 1.82) is 0 Å². The third kappa shape index (κ3) is 4.72. The number of aliphatic hydroxyl groups is 1. The van der Waals surface area contributed by atoms with Gasteiger partial charge in [0.05, 0.1) is 12.6 Å². The number of aliphatic hydroxyl groups excluding tert-OH is 1. The predicted molar refractivity (Wildman–Crippen MR) is 96.2 cm³/mol. The van der Waals surface area contributed by atoms with Gasteiger partial charge in [0.25, 0.3) is 0 Å². The van der Waals surface area contributed by atoms with Crippen molar-refractivity contribution in [2.24, 2.45) is 5.92 Å². The summed E-state index contributed by atoms with van der Waals surface area (Å²) in [4.78, 5) is 30.4. The second-order valence-corrected chi connectivity index (χ2v) is 7.05. The van der Waals surface area contributed by atoms with E-state index in [1.165, 1.54) is 0 Å². The molecule has 2 amide bonds. The largest absolute Gasteiger partial charge is 0.392 e. The van der Waals surface area contributed by atoms with Crippen LogP contribution in [0.3, 0.4) is 0 Å². The summed E-state index contributed by atoms with van der Waals surface area (Å²) < 4.78 is 0. The van der Waals surface area contributed by atoms with Crippen LogP contribution in [0.1, 0.15) is 19.8 Å². The smallest absolute Gasteiger partial charge is 0.242 e. The molecule has 0 bridgehead atoms. The van der Waals surface area contributed by atoms with Gasteiger partial charge in [0.2, 0.25) is 11.8 Å². The normalized spacial score (nSPS) is 18.8. The van der Waals surface area contributed by atoms with Gasteiger partial charge in [-0.3, -0.25) is 9.59 Å². The summed E-state index contributed by atoms with van der Waals surface area (Å²) in [5, 5.41) is 9.75. The molecule has 2 aliphatic rings. The Kier molecular flexibility index (Phi) is 5.58. The fourth-order valence-electron chi connectivity index (χ4n) is 3.25. The van der Waals surface area contributed by atoms with Gasteiger partial charge in [-0.15, -0.1) is 0 Å². The minimum atomic E-state index is -0.513. The molecule has 1 atom stereocenters. The highest BCUT2D eigenvalue weighted by Gasteiger charge is 2.35. The van der Waals surface area contributed by atoms with Crippen LogP contribution in [0, 0.1) is 5.92 Å². The van der Waals surface area contributed by atoms with Gasteiger partial charge in [-0.05, 0) is 31.9 Å². The number of rotatable bonds is 6. The molecule has 1 unspecified atom stereocenters. The molecular formula is C19H27N3O3. The maximum Gasteiger partial charge on any atom is 0.242 e. The number of hydrogen-bond donors (Lipinski definition) is 1. The monoisotopic (exact) mass is 345 g/mol. The molecule has 1 aliphatic carbocycles. The molecule has 25 heavy (non-hydrogen) atoms. The molecule has 1 aliphatic heterocycles. The first-order valence-corrected chi connectivity index (χ1v) is 9.09. The van der Waals surface area contributed by atoms with E-state index in [-0.39, 0.29) is 24.3 Å². The summed E-state index contributed by atoms with van der Waals surface area (Å²) in [7, 11) is 0. The number of hydrogen-bond acceptors (Lipinski definition) is 4. The fraction of sp³-hybridized carbons (Fsp3) is 0.579. The lowest BCUT2D eigenvalue weighted by Crippen LogP contribution is -2.53. The molecule has 2 fully saturated rings. The Morgan fingerprint density at radius 2 is 1.72 bits per heavy atom. The van der Waals surface area contributed by atoms with Crippen LogP contribution in [0.2, 0.25) is 0 Å². The summed E-state index contributed by atoms with van der Waals surface area (Å²) in [5.74, 6) is 0.539. The van der Waals surface area contributed by atoms with Gasteiger partial charge in [0.1, 0.15) is 0 Å². The van der Waals surface area contributed by atoms with Gasteiger partial charge in [0, 0.05) is 44.3 Å². The molecule has 1 saturated carbocycles. The quantitative estimate of drug-likeness (QED) is 0.834. The first kappa shape index (κ1) is 17.7. The Balaban J connectivity index is 1.55. The van der Waals surface area contributed by atoms with Gasteiger partial charge in [-0.1, -0.05) is 18.2 Å². The molecule has 1 aromatic rings. The third-order valence-corrected chi connectivity index (χ3v) is 4.80. The van der Waals surface area contributed by atoms with E-state index in [9.17, 15) is 14.7 Å². The Hall–Kier alpha value is -2.08. The van der Waals surface area contributed by atoms with Gasteiger partial charge < -0.3 is 19.8 Å². The zero-order valence-electron chi connectivity index (χ0n) is 14.8. The van der Waals surface area contributed by atoms with Crippen LogP contribution >= 0.6 is 0 Å². The Bertz CT molecular complexity index is 593. The lowest BCUT2D eigenvalue weighted by atomic mass is 10.2. The highest BCUT2D eigenvalue weighted by molar-refractivity contribution is 5.83. The highest BCUT2D eigenvalue weighted by atomic mass is 16.3. The SMILES string of the molecule is CC(O)CN(CC(=O)N1CCN(C(=O)C2CC2)CC1)c1ccccc1. The molecule has 3 rings (SSSR count). The van der Waals surface area contributed by atoms with E-state index < -0.39 is 6.10 Å². The van der Waals surface area contributed by atoms with E-state index in [0.29, 0.717) is 32.7 Å². The van der Waals surface area contributed by atoms with Crippen molar-refractivity contribution in [2.45, 2.75) is 25.9 Å². The number of para-hydroxylation sites is 1. The van der Waals surface area contributed by atoms with Crippen LogP contribution in [-0.4, -0.2) is 72.1 Å². The lowest BCUT2D eigenvalue weighted by molar-refractivity contribution is -0.139. The topological polar surface area (TPSA) is 64.1 Å². The summed E-state index contributed by atoms with van der Waals surface area (Å²) in [5.41, 5.74) is 0.930. The van der Waals surface area contributed by atoms with Crippen molar-refractivity contribution < 1.29 is 14.7 Å². The van der Waals surface area contributed by atoms with Crippen LogP contribution in [-0.2, 0) is 9.59 Å². The van der Waals surface area contributed by atoms with Gasteiger partial charge in [-0.2, -0.15) is 0 Å². The van der Waals surface area contributed by atoms with E-state index >= 15 is 0 Å². The van der Waals surface area contributed by atoms with E-state index in [1.807, 2.05) is 45.0 Å². The minimum Gasteiger partial charge on any atom is -0.392 e. The van der Waals surface area contributed by atoms with E-state index in [2.05, 4.69) is 0 Å². The summed E-state index contributed by atoms with van der Waals surface area (Å²) in [6.07, 6.45) is 1.52. The van der Waals surface area contributed by atoms with Crippen LogP contribution in [0.5, 0.6) is 0 Å². The van der Waals surface area contributed by atoms with E-state index in [1.54, 1.807) is 6.92 Å². The molecule has 136 valence electrons. The Morgan fingerprint density at radius 3 is 2.28 bits per heavy atom. The number of carbonyl (C=O) groups is 2. The lowest BCUT2D eigenvalue weighted by Gasteiger charge is -2.36. The van der Waals surface area contributed by atoms with Crippen molar-refractivity contribution in [3.8, 4) is 0 Å². The number of nitrogens with zero attached hydrogens (tertiary/aromatic N) is 3. The molecule has 6 heteroatoms. The second kappa shape index (κ2) is 7.87. The van der Waals surface area contributed by atoms with Crippen molar-refractivity contribution in [1.82, 2.24) is 9.80 Å². The average Bonchev–Trinajstić information content (AvgIpc) is 3.46. The molecule has 1 N–H and O–H groups in total. The molecule has 1 aromatic carbocycles. The first-order valence-electron chi connectivity index (χ1n) is 9.09. The number of anilines is 1. The van der Waals surface area contributed by atoms with Crippen LogP contribution in [0.25, 0.3) is 0 Å². The van der Waals surface area contributed by atoms with Gasteiger partial charge in [0.15, 0.2) is 0 Å². The maximum atomic E-state index is 12.7. The van der Waals surface area contributed by atoms with E-state index in [0.717, 1.165) is 18.5 Å². The third-order valence-electron chi connectivity index (χ3n) is 4.80. The maximum absolute atomic E-state index is 12.7. The van der Waals surface area contributed by atoms with Crippen molar-refractivity contribution in [2.75, 3.05) is 44.2 Å². The number of carbonyl (C=O) groups excluding carboxylic acids is 2. The summed E-state index contributed by atoms with van der Waals surface area (Å²) in [6, 6.07) is 9.68. The van der Waals surface area contributed by atoms with Crippen LogP contribution in [0.4, 0.5) is 5.69 Å². The molecule has 1 saturated heterocycles. The predicted octanol–water partition coefficient (Wildman–Crippen LogP) is 0.955. The number of benzene rings is 1. The second-order valence-electron chi connectivity index (χ2n) is 7.05.